The van der Waals surface area contributed by atoms with Crippen LogP contribution in [0.1, 0.15) is 13.8 Å². The highest BCUT2D eigenvalue weighted by Gasteiger charge is 2.21. The molecule has 0 radical (unpaired) electrons. The first kappa shape index (κ1) is 14.6. The van der Waals surface area contributed by atoms with Gasteiger partial charge in [-0.05, 0) is 12.1 Å². The van der Waals surface area contributed by atoms with Crippen molar-refractivity contribution in [3.8, 4) is 17.2 Å². The van der Waals surface area contributed by atoms with Gasteiger partial charge in [-0.2, -0.15) is 0 Å². The Balaban J connectivity index is 2.77. The lowest BCUT2D eigenvalue weighted by Crippen LogP contribution is -2.13. The molecule has 7 nitrogen and oxygen atoms in total. The largest absolute Gasteiger partial charge is 0.492 e. The van der Waals surface area contributed by atoms with Gasteiger partial charge in [-0.15, -0.1) is 0 Å². The van der Waals surface area contributed by atoms with Crippen molar-refractivity contribution in [3.05, 3.63) is 28.6 Å². The highest BCUT2D eigenvalue weighted by molar-refractivity contribution is 5.91. The number of para-hydroxylation sites is 1. The topological polar surface area (TPSA) is 92.0 Å². The zero-order chi connectivity index (χ0) is 15.6. The Morgan fingerprint density at radius 3 is 2.29 bits per heavy atom. The SMILES string of the molecule is COc1c(OC(C)=O)c(=O)oc2c(OC(C)=O)cccc12. The van der Waals surface area contributed by atoms with Crippen molar-refractivity contribution in [2.75, 3.05) is 7.11 Å². The Morgan fingerprint density at radius 2 is 1.71 bits per heavy atom. The van der Waals surface area contributed by atoms with Crippen molar-refractivity contribution in [3.63, 3.8) is 0 Å². The van der Waals surface area contributed by atoms with Crippen molar-refractivity contribution < 1.29 is 28.2 Å². The molecule has 1 aromatic heterocycles. The predicted octanol–water partition coefficient (Wildman–Crippen LogP) is 1.65. The quantitative estimate of drug-likeness (QED) is 0.482. The van der Waals surface area contributed by atoms with Crippen LogP contribution in [0.3, 0.4) is 0 Å². The van der Waals surface area contributed by atoms with Gasteiger partial charge >= 0.3 is 17.6 Å². The van der Waals surface area contributed by atoms with Gasteiger partial charge in [0.25, 0.3) is 5.75 Å². The molecule has 7 heteroatoms. The first-order valence-electron chi connectivity index (χ1n) is 5.94. The van der Waals surface area contributed by atoms with Gasteiger partial charge in [0.15, 0.2) is 17.1 Å². The molecule has 21 heavy (non-hydrogen) atoms. The Bertz CT molecular complexity index is 773. The number of carbonyl (C=O) groups excluding carboxylic acids is 2. The number of ether oxygens (including phenoxy) is 3. The summed E-state index contributed by atoms with van der Waals surface area (Å²) in [4.78, 5) is 34.0. The van der Waals surface area contributed by atoms with E-state index in [2.05, 4.69) is 0 Å². The third kappa shape index (κ3) is 2.86. The number of benzene rings is 1. The summed E-state index contributed by atoms with van der Waals surface area (Å²) in [5.41, 5.74) is -0.875. The smallest absolute Gasteiger partial charge is 0.383 e. The monoisotopic (exact) mass is 292 g/mol. The van der Waals surface area contributed by atoms with Crippen molar-refractivity contribution in [1.29, 1.82) is 0 Å². The van der Waals surface area contributed by atoms with Crippen LogP contribution < -0.4 is 19.8 Å². The molecule has 0 aliphatic rings. The van der Waals surface area contributed by atoms with Crippen molar-refractivity contribution in [2.24, 2.45) is 0 Å². The summed E-state index contributed by atoms with van der Waals surface area (Å²) in [6.07, 6.45) is 0. The van der Waals surface area contributed by atoms with Crippen LogP contribution in [0, 0.1) is 0 Å². The molecule has 0 N–H and O–H groups in total. The second-order valence-electron chi connectivity index (χ2n) is 4.07. The Kier molecular flexibility index (Phi) is 3.93. The standard InChI is InChI=1S/C14H12O7/c1-7(15)19-10-6-4-5-9-11(10)21-14(17)13(12(9)18-3)20-8(2)16/h4-6H,1-3H3. The van der Waals surface area contributed by atoms with Crippen molar-refractivity contribution in [2.45, 2.75) is 13.8 Å². The number of esters is 2. The number of hydrogen-bond donors (Lipinski definition) is 0. The molecule has 0 amide bonds. The Labute approximate surface area is 119 Å². The van der Waals surface area contributed by atoms with Gasteiger partial charge in [0.2, 0.25) is 0 Å². The maximum atomic E-state index is 11.9. The molecule has 0 spiro atoms. The van der Waals surface area contributed by atoms with E-state index < -0.39 is 17.6 Å². The summed E-state index contributed by atoms with van der Waals surface area (Å²) in [6, 6.07) is 4.63. The first-order valence-corrected chi connectivity index (χ1v) is 5.94. The van der Waals surface area contributed by atoms with Crippen LogP contribution in [0.25, 0.3) is 11.0 Å². The highest BCUT2D eigenvalue weighted by Crippen LogP contribution is 2.36. The second-order valence-corrected chi connectivity index (χ2v) is 4.07. The molecule has 2 rings (SSSR count). The fourth-order valence-corrected chi connectivity index (χ4v) is 1.82. The van der Waals surface area contributed by atoms with Crippen LogP contribution >= 0.6 is 0 Å². The Morgan fingerprint density at radius 1 is 1.05 bits per heavy atom. The minimum absolute atomic E-state index is 0.0328. The second kappa shape index (κ2) is 5.66. The third-order valence-electron chi connectivity index (χ3n) is 2.51. The lowest BCUT2D eigenvalue weighted by Gasteiger charge is -2.11. The van der Waals surface area contributed by atoms with Crippen LogP contribution in [0.4, 0.5) is 0 Å². The molecule has 1 aromatic carbocycles. The van der Waals surface area contributed by atoms with Crippen LogP contribution in [0.15, 0.2) is 27.4 Å². The molecule has 0 unspecified atom stereocenters. The number of carbonyl (C=O) groups is 2. The molecule has 110 valence electrons. The minimum atomic E-state index is -0.908. The minimum Gasteiger partial charge on any atom is -0.492 e. The lowest BCUT2D eigenvalue weighted by molar-refractivity contribution is -0.132. The maximum Gasteiger partial charge on any atom is 0.383 e. The molecule has 0 aliphatic carbocycles. The first-order chi connectivity index (χ1) is 9.93. The summed E-state index contributed by atoms with van der Waals surface area (Å²) in [7, 11) is 1.32. The van der Waals surface area contributed by atoms with Gasteiger partial charge in [-0.1, -0.05) is 6.07 Å². The molecule has 0 saturated carbocycles. The number of methoxy groups -OCH3 is 1. The molecule has 0 fully saturated rings. The molecule has 0 aliphatic heterocycles. The van der Waals surface area contributed by atoms with E-state index in [4.69, 9.17) is 18.6 Å². The van der Waals surface area contributed by atoms with Crippen LogP contribution in [0.2, 0.25) is 0 Å². The van der Waals surface area contributed by atoms with Crippen LogP contribution in [-0.2, 0) is 9.59 Å². The summed E-state index contributed by atoms with van der Waals surface area (Å²) < 4.78 is 20.0. The van der Waals surface area contributed by atoms with E-state index in [1.54, 1.807) is 12.1 Å². The predicted molar refractivity (Wildman–Crippen MR) is 71.7 cm³/mol. The van der Waals surface area contributed by atoms with E-state index in [9.17, 15) is 14.4 Å². The third-order valence-corrected chi connectivity index (χ3v) is 2.51. The van der Waals surface area contributed by atoms with Crippen LogP contribution in [0.5, 0.6) is 17.2 Å². The van der Waals surface area contributed by atoms with Gasteiger partial charge in [-0.25, -0.2) is 4.79 Å². The van der Waals surface area contributed by atoms with E-state index in [1.165, 1.54) is 20.1 Å². The van der Waals surface area contributed by atoms with Crippen LogP contribution in [-0.4, -0.2) is 19.0 Å². The van der Waals surface area contributed by atoms with E-state index in [-0.39, 0.29) is 22.8 Å². The number of hydrogen-bond acceptors (Lipinski definition) is 7. The van der Waals surface area contributed by atoms with Gasteiger partial charge < -0.3 is 18.6 Å². The maximum absolute atomic E-state index is 11.9. The summed E-state index contributed by atoms with van der Waals surface area (Å²) in [6.45, 7) is 2.37. The normalized spacial score (nSPS) is 10.2. The van der Waals surface area contributed by atoms with Gasteiger partial charge in [0.1, 0.15) is 0 Å². The van der Waals surface area contributed by atoms with E-state index >= 15 is 0 Å². The lowest BCUT2D eigenvalue weighted by atomic mass is 10.2. The zero-order valence-electron chi connectivity index (χ0n) is 11.6. The number of fused-ring (bicyclic) bond motifs is 1. The van der Waals surface area contributed by atoms with Gasteiger partial charge in [0, 0.05) is 13.8 Å². The zero-order valence-corrected chi connectivity index (χ0v) is 11.6. The summed E-state index contributed by atoms with van der Waals surface area (Å²) in [5.74, 6) is -1.49. The molecule has 2 aromatic rings. The molecular weight excluding hydrogens is 280 g/mol. The van der Waals surface area contributed by atoms with E-state index in [1.807, 2.05) is 0 Å². The summed E-state index contributed by atoms with van der Waals surface area (Å²) >= 11 is 0. The summed E-state index contributed by atoms with van der Waals surface area (Å²) in [5, 5.41) is 0.340. The van der Waals surface area contributed by atoms with E-state index in [0.29, 0.717) is 5.39 Å². The van der Waals surface area contributed by atoms with Crippen molar-refractivity contribution in [1.82, 2.24) is 0 Å². The highest BCUT2D eigenvalue weighted by atomic mass is 16.6. The van der Waals surface area contributed by atoms with Gasteiger partial charge in [-0.3, -0.25) is 9.59 Å². The number of rotatable bonds is 3. The molecule has 1 heterocycles. The van der Waals surface area contributed by atoms with Crippen molar-refractivity contribution >= 4 is 22.9 Å². The Hall–Kier alpha value is -2.83. The fourth-order valence-electron chi connectivity index (χ4n) is 1.82. The average molecular weight is 292 g/mol. The molecular formula is C14H12O7. The van der Waals surface area contributed by atoms with E-state index in [0.717, 1.165) is 6.92 Å². The molecule has 0 bridgehead atoms. The fraction of sp³-hybridized carbons (Fsp3) is 0.214. The molecule has 0 saturated heterocycles. The average Bonchev–Trinajstić information content (AvgIpc) is 2.39. The molecule has 0 atom stereocenters. The van der Waals surface area contributed by atoms with Gasteiger partial charge in [0.05, 0.1) is 12.5 Å².